The van der Waals surface area contributed by atoms with Crippen molar-refractivity contribution in [2.24, 2.45) is 0 Å². The lowest BCUT2D eigenvalue weighted by Crippen LogP contribution is -2.54. The molecule has 2 rings (SSSR count). The van der Waals surface area contributed by atoms with Crippen LogP contribution in [0, 0.1) is 0 Å². The Morgan fingerprint density at radius 3 is 2.37 bits per heavy atom. The highest BCUT2D eigenvalue weighted by Gasteiger charge is 2.32. The molecule has 6 heteroatoms. The number of nitrogens with one attached hydrogen (secondary N) is 1. The second kappa shape index (κ2) is 5.62. The molecule has 3 amide bonds. The number of hydrogen-bond acceptors (Lipinski definition) is 4. The number of hydrazine groups is 1. The van der Waals surface area contributed by atoms with Gasteiger partial charge in [0, 0.05) is 0 Å². The van der Waals surface area contributed by atoms with Crippen LogP contribution in [0.25, 0.3) is 0 Å². The van der Waals surface area contributed by atoms with Crippen LogP contribution in [0.2, 0.25) is 0 Å². The molecule has 1 saturated heterocycles. The first-order valence-electron chi connectivity index (χ1n) is 5.93. The van der Waals surface area contributed by atoms with Crippen molar-refractivity contribution in [2.45, 2.75) is 25.4 Å². The first-order valence-corrected chi connectivity index (χ1v) is 5.93. The van der Waals surface area contributed by atoms with E-state index in [4.69, 9.17) is 0 Å². The monoisotopic (exact) mass is 262 g/mol. The molecule has 0 spiro atoms. The first-order chi connectivity index (χ1) is 9.06. The predicted octanol–water partition coefficient (Wildman–Crippen LogP) is -0.230. The van der Waals surface area contributed by atoms with E-state index in [1.165, 1.54) is 0 Å². The van der Waals surface area contributed by atoms with Crippen LogP contribution in [-0.2, 0) is 20.8 Å². The Bertz CT molecular complexity index is 483. The Labute approximate surface area is 110 Å². The molecule has 1 heterocycles. The Balaban J connectivity index is 1.95. The molecule has 0 aromatic heterocycles. The topological polar surface area (TPSA) is 86.7 Å². The molecule has 1 aromatic rings. The molecule has 0 bridgehead atoms. The summed E-state index contributed by atoms with van der Waals surface area (Å²) < 4.78 is 0. The zero-order valence-corrected chi connectivity index (χ0v) is 10.2. The molecule has 1 fully saturated rings. The quantitative estimate of drug-likeness (QED) is 0.737. The van der Waals surface area contributed by atoms with Gasteiger partial charge >= 0.3 is 0 Å². The second-order valence-electron chi connectivity index (χ2n) is 4.38. The SMILES string of the molecule is O=C(Cc1ccccc1)NN1C(=O)CC(O)CC1=O. The lowest BCUT2D eigenvalue weighted by Gasteiger charge is -2.27. The summed E-state index contributed by atoms with van der Waals surface area (Å²) in [6.45, 7) is 0. The highest BCUT2D eigenvalue weighted by Crippen LogP contribution is 2.11. The van der Waals surface area contributed by atoms with Gasteiger partial charge in [0.15, 0.2) is 0 Å². The molecule has 19 heavy (non-hydrogen) atoms. The number of rotatable bonds is 3. The number of carbonyl (C=O) groups is 3. The summed E-state index contributed by atoms with van der Waals surface area (Å²) in [6.07, 6.45) is -1.18. The maximum atomic E-state index is 11.7. The van der Waals surface area contributed by atoms with Gasteiger partial charge in [-0.2, -0.15) is 5.01 Å². The third-order valence-electron chi connectivity index (χ3n) is 2.76. The first kappa shape index (κ1) is 13.2. The molecule has 0 radical (unpaired) electrons. The van der Waals surface area contributed by atoms with Crippen LogP contribution in [-0.4, -0.2) is 33.9 Å². The van der Waals surface area contributed by atoms with Gasteiger partial charge in [-0.05, 0) is 5.56 Å². The van der Waals surface area contributed by atoms with E-state index in [1.54, 1.807) is 24.3 Å². The number of aliphatic hydroxyl groups excluding tert-OH is 1. The van der Waals surface area contributed by atoms with Crippen LogP contribution in [0.5, 0.6) is 0 Å². The van der Waals surface area contributed by atoms with Crippen molar-refractivity contribution in [1.29, 1.82) is 0 Å². The van der Waals surface area contributed by atoms with Gasteiger partial charge in [-0.1, -0.05) is 30.3 Å². The van der Waals surface area contributed by atoms with Gasteiger partial charge < -0.3 is 5.11 Å². The average Bonchev–Trinajstić information content (AvgIpc) is 2.35. The summed E-state index contributed by atoms with van der Waals surface area (Å²) in [7, 11) is 0. The number of imide groups is 1. The largest absolute Gasteiger partial charge is 0.392 e. The summed E-state index contributed by atoms with van der Waals surface area (Å²) in [5, 5.41) is 9.95. The van der Waals surface area contributed by atoms with Crippen molar-refractivity contribution in [1.82, 2.24) is 10.4 Å². The van der Waals surface area contributed by atoms with Crippen molar-refractivity contribution in [3.63, 3.8) is 0 Å². The number of aliphatic hydroxyl groups is 1. The minimum absolute atomic E-state index is 0.0838. The standard InChI is InChI=1S/C13H14N2O4/c16-10-7-12(18)15(13(19)8-10)14-11(17)6-9-4-2-1-3-5-9/h1-5,10,16H,6-8H2,(H,14,17). The molecule has 6 nitrogen and oxygen atoms in total. The van der Waals surface area contributed by atoms with Crippen molar-refractivity contribution in [3.05, 3.63) is 35.9 Å². The van der Waals surface area contributed by atoms with E-state index < -0.39 is 23.8 Å². The van der Waals surface area contributed by atoms with Gasteiger partial charge in [-0.25, -0.2) is 0 Å². The Hall–Kier alpha value is -2.21. The van der Waals surface area contributed by atoms with Crippen molar-refractivity contribution < 1.29 is 19.5 Å². The molecule has 1 aliphatic rings. The molecule has 2 N–H and O–H groups in total. The highest BCUT2D eigenvalue weighted by molar-refractivity contribution is 6.00. The number of amides is 3. The molecule has 0 saturated carbocycles. The zero-order valence-electron chi connectivity index (χ0n) is 10.2. The van der Waals surface area contributed by atoms with E-state index >= 15 is 0 Å². The minimum Gasteiger partial charge on any atom is -0.392 e. The summed E-state index contributed by atoms with van der Waals surface area (Å²) in [5.74, 6) is -1.63. The highest BCUT2D eigenvalue weighted by atomic mass is 16.3. The third-order valence-corrected chi connectivity index (χ3v) is 2.76. The predicted molar refractivity (Wildman–Crippen MR) is 65.4 cm³/mol. The summed E-state index contributed by atoms with van der Waals surface area (Å²) in [5.41, 5.74) is 3.06. The fourth-order valence-electron chi connectivity index (χ4n) is 1.87. The van der Waals surface area contributed by atoms with Gasteiger partial charge in [0.2, 0.25) is 5.91 Å². The summed E-state index contributed by atoms with van der Waals surface area (Å²) in [4.78, 5) is 34.8. The maximum Gasteiger partial charge on any atom is 0.250 e. The number of nitrogens with zero attached hydrogens (tertiary/aromatic N) is 1. The Kier molecular flexibility index (Phi) is 3.91. The molecular weight excluding hydrogens is 248 g/mol. The van der Waals surface area contributed by atoms with E-state index in [1.807, 2.05) is 6.07 Å². The lowest BCUT2D eigenvalue weighted by molar-refractivity contribution is -0.159. The smallest absolute Gasteiger partial charge is 0.250 e. The molecule has 0 unspecified atom stereocenters. The number of carbonyl (C=O) groups excluding carboxylic acids is 3. The number of benzene rings is 1. The molecule has 1 aromatic carbocycles. The van der Waals surface area contributed by atoms with Gasteiger partial charge in [0.1, 0.15) is 0 Å². The third kappa shape index (κ3) is 3.38. The van der Waals surface area contributed by atoms with Crippen LogP contribution in [0.4, 0.5) is 0 Å². The molecule has 1 aliphatic heterocycles. The van der Waals surface area contributed by atoms with Gasteiger partial charge in [-0.3, -0.25) is 19.8 Å². The van der Waals surface area contributed by atoms with E-state index in [9.17, 15) is 19.5 Å². The second-order valence-corrected chi connectivity index (χ2v) is 4.38. The van der Waals surface area contributed by atoms with Gasteiger partial charge in [0.25, 0.3) is 11.8 Å². The average molecular weight is 262 g/mol. The minimum atomic E-state index is -0.956. The summed E-state index contributed by atoms with van der Waals surface area (Å²) >= 11 is 0. The molecule has 100 valence electrons. The molecule has 0 atom stereocenters. The lowest BCUT2D eigenvalue weighted by atomic mass is 10.1. The van der Waals surface area contributed by atoms with Crippen molar-refractivity contribution >= 4 is 17.7 Å². The van der Waals surface area contributed by atoms with Gasteiger partial charge in [-0.15, -0.1) is 0 Å². The van der Waals surface area contributed by atoms with E-state index in [2.05, 4.69) is 5.43 Å². The molecular formula is C13H14N2O4. The normalized spacial score (nSPS) is 16.6. The number of piperidine rings is 1. The van der Waals surface area contributed by atoms with Crippen LogP contribution >= 0.6 is 0 Å². The Morgan fingerprint density at radius 2 is 1.79 bits per heavy atom. The van der Waals surface area contributed by atoms with Crippen LogP contribution in [0.3, 0.4) is 0 Å². The van der Waals surface area contributed by atoms with E-state index in [0.717, 1.165) is 5.56 Å². The van der Waals surface area contributed by atoms with Crippen LogP contribution in [0.1, 0.15) is 18.4 Å². The maximum absolute atomic E-state index is 11.7. The molecule has 0 aliphatic carbocycles. The van der Waals surface area contributed by atoms with E-state index in [0.29, 0.717) is 5.01 Å². The fraction of sp³-hybridized carbons (Fsp3) is 0.308. The Morgan fingerprint density at radius 1 is 1.21 bits per heavy atom. The van der Waals surface area contributed by atoms with Crippen LogP contribution in [0.15, 0.2) is 30.3 Å². The van der Waals surface area contributed by atoms with Gasteiger partial charge in [0.05, 0.1) is 25.4 Å². The van der Waals surface area contributed by atoms with Crippen molar-refractivity contribution in [3.8, 4) is 0 Å². The number of hydrogen-bond donors (Lipinski definition) is 2. The van der Waals surface area contributed by atoms with Crippen LogP contribution < -0.4 is 5.43 Å². The van der Waals surface area contributed by atoms with E-state index in [-0.39, 0.29) is 19.3 Å². The summed E-state index contributed by atoms with van der Waals surface area (Å²) in [6, 6.07) is 9.00. The van der Waals surface area contributed by atoms with Crippen molar-refractivity contribution in [2.75, 3.05) is 0 Å². The fourth-order valence-corrected chi connectivity index (χ4v) is 1.87. The zero-order chi connectivity index (χ0) is 13.8.